The number of alkyl carbamates (subject to hydrolysis) is 2. The molecule has 0 aliphatic carbocycles. The van der Waals surface area contributed by atoms with Crippen molar-refractivity contribution in [3.8, 4) is 0 Å². The van der Waals surface area contributed by atoms with Crippen LogP contribution in [-0.4, -0.2) is 80.6 Å². The number of hydrogen-bond donors (Lipinski definition) is 4. The molecule has 0 aliphatic heterocycles. The van der Waals surface area contributed by atoms with Crippen LogP contribution >= 0.6 is 0 Å². The first-order chi connectivity index (χ1) is 18.1. The highest BCUT2D eigenvalue weighted by Gasteiger charge is 2.36. The molecule has 2 atom stereocenters. The van der Waals surface area contributed by atoms with Crippen LogP contribution in [-0.2, 0) is 28.5 Å². The van der Waals surface area contributed by atoms with E-state index in [0.717, 1.165) is 0 Å². The van der Waals surface area contributed by atoms with Crippen molar-refractivity contribution in [3.63, 3.8) is 0 Å². The van der Waals surface area contributed by atoms with Gasteiger partial charge in [-0.2, -0.15) is 0 Å². The van der Waals surface area contributed by atoms with Crippen molar-refractivity contribution in [3.05, 3.63) is 0 Å². The minimum Gasteiger partial charge on any atom is -0.464 e. The summed E-state index contributed by atoms with van der Waals surface area (Å²) in [4.78, 5) is 48.8. The summed E-state index contributed by atoms with van der Waals surface area (Å²) in [7, 11) is 0. The molecular formula is C27H50N2O10. The van der Waals surface area contributed by atoms with Crippen molar-refractivity contribution in [2.24, 2.45) is 21.7 Å². The predicted molar refractivity (Wildman–Crippen MR) is 144 cm³/mol. The van der Waals surface area contributed by atoms with Gasteiger partial charge in [0, 0.05) is 0 Å². The second-order valence-corrected chi connectivity index (χ2v) is 11.3. The number of aliphatic hydroxyl groups excluding tert-OH is 2. The maximum absolute atomic E-state index is 12.3. The maximum atomic E-state index is 12.3. The summed E-state index contributed by atoms with van der Waals surface area (Å²) in [5.41, 5.74) is -3.27. The van der Waals surface area contributed by atoms with Crippen LogP contribution in [0, 0.1) is 21.7 Å². The Hall–Kier alpha value is -2.60. The van der Waals surface area contributed by atoms with Crippen molar-refractivity contribution in [1.82, 2.24) is 10.6 Å². The standard InChI is InChI=1S/C27H50N2O10/c1-9-24(5,6)20(32)36-15-26(11-3,13-30)17-38-22(34)28-19-29-23(35)39-18-27(12-4,14-31)16-37-21(33)25(7,8)10-2/h30-31H,9-19H2,1-8H3,(H,28,34)(H,29,35). The van der Waals surface area contributed by atoms with E-state index in [4.69, 9.17) is 18.9 Å². The van der Waals surface area contributed by atoms with Gasteiger partial charge >= 0.3 is 24.1 Å². The molecule has 0 spiro atoms. The number of hydrogen-bond acceptors (Lipinski definition) is 10. The monoisotopic (exact) mass is 562 g/mol. The topological polar surface area (TPSA) is 170 Å². The Morgan fingerprint density at radius 2 is 0.872 bits per heavy atom. The largest absolute Gasteiger partial charge is 0.464 e. The lowest BCUT2D eigenvalue weighted by Crippen LogP contribution is -2.43. The quantitative estimate of drug-likeness (QED) is 0.111. The Morgan fingerprint density at radius 1 is 0.564 bits per heavy atom. The molecule has 0 rings (SSSR count). The first-order valence-electron chi connectivity index (χ1n) is 13.5. The molecule has 0 saturated heterocycles. The lowest BCUT2D eigenvalue weighted by atomic mass is 9.87. The van der Waals surface area contributed by atoms with Gasteiger partial charge in [-0.25, -0.2) is 9.59 Å². The summed E-state index contributed by atoms with van der Waals surface area (Å²) < 4.78 is 21.1. The molecule has 0 aromatic carbocycles. The number of ether oxygens (including phenoxy) is 4. The van der Waals surface area contributed by atoms with E-state index in [0.29, 0.717) is 25.7 Å². The zero-order valence-corrected chi connectivity index (χ0v) is 24.9. The van der Waals surface area contributed by atoms with Gasteiger partial charge in [0.1, 0.15) is 26.4 Å². The van der Waals surface area contributed by atoms with Gasteiger partial charge < -0.3 is 39.8 Å². The molecule has 0 aromatic rings. The number of esters is 2. The highest BCUT2D eigenvalue weighted by atomic mass is 16.6. The van der Waals surface area contributed by atoms with Crippen molar-refractivity contribution >= 4 is 24.1 Å². The fraction of sp³-hybridized carbons (Fsp3) is 0.852. The van der Waals surface area contributed by atoms with Crippen LogP contribution in [0.4, 0.5) is 9.59 Å². The molecule has 0 bridgehead atoms. The van der Waals surface area contributed by atoms with E-state index in [9.17, 15) is 29.4 Å². The van der Waals surface area contributed by atoms with Gasteiger partial charge in [-0.15, -0.1) is 0 Å². The fourth-order valence-corrected chi connectivity index (χ4v) is 2.74. The highest BCUT2D eigenvalue weighted by molar-refractivity contribution is 5.76. The molecule has 2 unspecified atom stereocenters. The SMILES string of the molecule is CCC(CO)(COC(=O)NCNC(=O)OCC(CC)(CO)COC(=O)C(C)(C)CC)COC(=O)C(C)(C)CC. The number of carbonyl (C=O) groups excluding carboxylic acids is 4. The minimum atomic E-state index is -0.966. The molecule has 4 N–H and O–H groups in total. The number of rotatable bonds is 18. The van der Waals surface area contributed by atoms with Crippen LogP contribution in [0.25, 0.3) is 0 Å². The molecule has 12 heteroatoms. The summed E-state index contributed by atoms with van der Waals surface area (Å²) in [5.74, 6) is -0.806. The summed E-state index contributed by atoms with van der Waals surface area (Å²) in [5, 5.41) is 24.4. The molecule has 0 aliphatic rings. The first kappa shape index (κ1) is 36.4. The van der Waals surface area contributed by atoms with Crippen LogP contribution in [0.1, 0.15) is 81.1 Å². The summed E-state index contributed by atoms with van der Waals surface area (Å²) in [6.45, 7) is 12.7. The van der Waals surface area contributed by atoms with Gasteiger partial charge in [-0.3, -0.25) is 9.59 Å². The third-order valence-electron chi connectivity index (χ3n) is 7.55. The Kier molecular flexibility index (Phi) is 15.4. The number of carbonyl (C=O) groups is 4. The van der Waals surface area contributed by atoms with Crippen LogP contribution < -0.4 is 10.6 Å². The summed E-state index contributed by atoms with van der Waals surface area (Å²) in [6.07, 6.45) is 0.231. The lowest BCUT2D eigenvalue weighted by Gasteiger charge is -2.31. The first-order valence-corrected chi connectivity index (χ1v) is 13.5. The van der Waals surface area contributed by atoms with Crippen LogP contribution in [0.5, 0.6) is 0 Å². The van der Waals surface area contributed by atoms with Crippen molar-refractivity contribution in [2.45, 2.75) is 81.1 Å². The van der Waals surface area contributed by atoms with Crippen molar-refractivity contribution < 1.29 is 48.3 Å². The average Bonchev–Trinajstić information content (AvgIpc) is 2.93. The molecule has 0 radical (unpaired) electrons. The average molecular weight is 563 g/mol. The van der Waals surface area contributed by atoms with E-state index in [1.807, 2.05) is 13.8 Å². The van der Waals surface area contributed by atoms with Gasteiger partial charge in [0.15, 0.2) is 0 Å². The van der Waals surface area contributed by atoms with Gasteiger partial charge in [-0.1, -0.05) is 27.7 Å². The number of amides is 2. The van der Waals surface area contributed by atoms with E-state index in [1.165, 1.54) is 0 Å². The lowest BCUT2D eigenvalue weighted by molar-refractivity contribution is -0.161. The van der Waals surface area contributed by atoms with E-state index in [1.54, 1.807) is 41.5 Å². The van der Waals surface area contributed by atoms with Gasteiger partial charge in [-0.05, 0) is 53.4 Å². The third-order valence-corrected chi connectivity index (χ3v) is 7.55. The molecular weight excluding hydrogens is 512 g/mol. The van der Waals surface area contributed by atoms with Gasteiger partial charge in [0.2, 0.25) is 0 Å². The molecule has 228 valence electrons. The summed E-state index contributed by atoms with van der Waals surface area (Å²) in [6, 6.07) is 0. The van der Waals surface area contributed by atoms with Gasteiger partial charge in [0.05, 0.1) is 41.5 Å². The molecule has 0 fully saturated rings. The second kappa shape index (κ2) is 16.5. The Morgan fingerprint density at radius 3 is 1.13 bits per heavy atom. The fourth-order valence-electron chi connectivity index (χ4n) is 2.74. The summed E-state index contributed by atoms with van der Waals surface area (Å²) >= 11 is 0. The Bertz CT molecular complexity index is 725. The predicted octanol–water partition coefficient (Wildman–Crippen LogP) is 3.13. The second-order valence-electron chi connectivity index (χ2n) is 11.3. The normalized spacial score (nSPS) is 14.8. The van der Waals surface area contributed by atoms with E-state index in [2.05, 4.69) is 10.6 Å². The third kappa shape index (κ3) is 12.0. The number of aliphatic hydroxyl groups is 2. The maximum Gasteiger partial charge on any atom is 0.408 e. The molecule has 39 heavy (non-hydrogen) atoms. The Balaban J connectivity index is 4.68. The van der Waals surface area contributed by atoms with Crippen molar-refractivity contribution in [2.75, 3.05) is 46.3 Å². The molecule has 0 aromatic heterocycles. The molecule has 0 saturated carbocycles. The van der Waals surface area contributed by atoms with Crippen LogP contribution in [0.15, 0.2) is 0 Å². The molecule has 12 nitrogen and oxygen atoms in total. The van der Waals surface area contributed by atoms with E-state index in [-0.39, 0.29) is 46.3 Å². The Labute approximate surface area is 232 Å². The molecule has 0 heterocycles. The smallest absolute Gasteiger partial charge is 0.408 e. The molecule has 2 amide bonds. The van der Waals surface area contributed by atoms with Crippen molar-refractivity contribution in [1.29, 1.82) is 0 Å². The minimum absolute atomic E-state index is 0.116. The zero-order valence-electron chi connectivity index (χ0n) is 24.9. The van der Waals surface area contributed by atoms with Crippen LogP contribution in [0.3, 0.4) is 0 Å². The highest BCUT2D eigenvalue weighted by Crippen LogP contribution is 2.28. The number of nitrogens with one attached hydrogen (secondary N) is 2. The van der Waals surface area contributed by atoms with E-state index >= 15 is 0 Å². The zero-order chi connectivity index (χ0) is 30.3. The van der Waals surface area contributed by atoms with Crippen LogP contribution in [0.2, 0.25) is 0 Å². The van der Waals surface area contributed by atoms with Gasteiger partial charge in [0.25, 0.3) is 0 Å². The van der Waals surface area contributed by atoms with E-state index < -0.39 is 45.8 Å².